The highest BCUT2D eigenvalue weighted by molar-refractivity contribution is 5.49. The molecule has 10 heteroatoms. The van der Waals surface area contributed by atoms with Crippen LogP contribution in [0.5, 0.6) is 11.5 Å². The van der Waals surface area contributed by atoms with Crippen molar-refractivity contribution in [1.82, 2.24) is 24.3 Å². The molecule has 0 aliphatic rings. The minimum absolute atomic E-state index is 0.0833. The number of nitrogens with zero attached hydrogens (tertiary/aromatic N) is 5. The molecule has 2 heterocycles. The Morgan fingerprint density at radius 1 is 0.841 bits per heavy atom. The fourth-order valence-electron chi connectivity index (χ4n) is 4.91. The zero-order valence-electron chi connectivity index (χ0n) is 24.5. The molecule has 2 aromatic heterocycles. The van der Waals surface area contributed by atoms with Crippen molar-refractivity contribution in [2.75, 3.05) is 20.8 Å². The van der Waals surface area contributed by atoms with Crippen molar-refractivity contribution in [3.8, 4) is 17.3 Å². The monoisotopic (exact) mass is 591 g/mol. The summed E-state index contributed by atoms with van der Waals surface area (Å²) in [7, 11) is 3.26. The van der Waals surface area contributed by atoms with Crippen LogP contribution in [-0.2, 0) is 15.1 Å². The van der Waals surface area contributed by atoms with Crippen LogP contribution in [0.15, 0.2) is 134 Å². The molecule has 0 aliphatic heterocycles. The highest BCUT2D eigenvalue weighted by atomic mass is 16.6. The maximum atomic E-state index is 13.0. The van der Waals surface area contributed by atoms with Gasteiger partial charge in [0.2, 0.25) is 0 Å². The average Bonchev–Trinajstić information content (AvgIpc) is 3.63. The summed E-state index contributed by atoms with van der Waals surface area (Å²) in [6.07, 6.45) is 6.07. The van der Waals surface area contributed by atoms with Gasteiger partial charge in [0.1, 0.15) is 35.9 Å². The molecule has 0 amide bonds. The summed E-state index contributed by atoms with van der Waals surface area (Å²) >= 11 is 0. The molecule has 0 fully saturated rings. The lowest BCUT2D eigenvalue weighted by Crippen LogP contribution is -2.37. The minimum atomic E-state index is -1.05. The topological polar surface area (TPSA) is 103 Å². The van der Waals surface area contributed by atoms with Gasteiger partial charge in [-0.25, -0.2) is 14.5 Å². The van der Waals surface area contributed by atoms with Gasteiger partial charge in [-0.2, -0.15) is 10.1 Å². The van der Waals surface area contributed by atoms with E-state index >= 15 is 0 Å². The van der Waals surface area contributed by atoms with Crippen LogP contribution in [0.1, 0.15) is 22.9 Å². The van der Waals surface area contributed by atoms with Gasteiger partial charge in [0, 0.05) is 6.20 Å². The quantitative estimate of drug-likeness (QED) is 0.130. The number of methoxy groups -OCH3 is 2. The van der Waals surface area contributed by atoms with Crippen molar-refractivity contribution in [2.24, 2.45) is 0 Å². The molecule has 0 N–H and O–H groups in total. The third-order valence-electron chi connectivity index (χ3n) is 7.16. The second-order valence-electron chi connectivity index (χ2n) is 9.67. The molecular formula is C34H33N5O5. The summed E-state index contributed by atoms with van der Waals surface area (Å²) in [5.74, 6) is 1.78. The van der Waals surface area contributed by atoms with E-state index in [1.54, 1.807) is 32.6 Å². The van der Waals surface area contributed by atoms with Crippen LogP contribution in [0.25, 0.3) is 5.82 Å². The Kier molecular flexibility index (Phi) is 9.43. The van der Waals surface area contributed by atoms with Crippen LogP contribution in [0, 0.1) is 0 Å². The molecule has 5 aromatic rings. The van der Waals surface area contributed by atoms with Gasteiger partial charge in [0.05, 0.1) is 20.8 Å². The number of benzene rings is 3. The third kappa shape index (κ3) is 6.22. The Morgan fingerprint density at radius 3 is 1.95 bits per heavy atom. The maximum absolute atomic E-state index is 13.0. The Bertz CT molecular complexity index is 1670. The highest BCUT2D eigenvalue weighted by Gasteiger charge is 2.38. The molecule has 0 spiro atoms. The van der Waals surface area contributed by atoms with E-state index in [0.29, 0.717) is 5.82 Å². The molecule has 2 atom stereocenters. The average molecular weight is 592 g/mol. The number of aromatic nitrogens is 5. The number of hydrogen-bond donors (Lipinski definition) is 0. The van der Waals surface area contributed by atoms with E-state index in [9.17, 15) is 4.79 Å². The zero-order chi connectivity index (χ0) is 30.9. The third-order valence-corrected chi connectivity index (χ3v) is 7.16. The fourth-order valence-corrected chi connectivity index (χ4v) is 4.91. The maximum Gasteiger partial charge on any atom is 0.351 e. The second-order valence-corrected chi connectivity index (χ2v) is 9.67. The molecule has 0 saturated heterocycles. The van der Waals surface area contributed by atoms with Crippen molar-refractivity contribution < 1.29 is 18.9 Å². The van der Waals surface area contributed by atoms with Gasteiger partial charge in [-0.3, -0.25) is 4.57 Å². The zero-order valence-corrected chi connectivity index (χ0v) is 24.5. The predicted octanol–water partition coefficient (Wildman–Crippen LogP) is 5.11. The van der Waals surface area contributed by atoms with E-state index in [1.807, 2.05) is 78.9 Å². The standard InChI is InChI=1S/C34H33N5O5/c1-5-28(44-32(6-2)38-21-20-31(37-33(38)40)39-24-35-23-36-39)22-43-34(25-10-8-7-9-11-25,26-12-16-29(41-3)17-13-26)27-14-18-30(42-4)19-15-27/h5-21,23-24,28,32H,1-2,22H2,3-4H3/t28-,32+/m0/s1. The molecule has 10 nitrogen and oxygen atoms in total. The van der Waals surface area contributed by atoms with Crippen molar-refractivity contribution in [3.05, 3.63) is 156 Å². The Morgan fingerprint density at radius 2 is 1.45 bits per heavy atom. The molecule has 5 rings (SSSR count). The van der Waals surface area contributed by atoms with Gasteiger partial charge in [-0.15, -0.1) is 6.58 Å². The van der Waals surface area contributed by atoms with E-state index in [1.165, 1.54) is 28.0 Å². The molecule has 44 heavy (non-hydrogen) atoms. The van der Waals surface area contributed by atoms with Crippen molar-refractivity contribution in [2.45, 2.75) is 17.9 Å². The van der Waals surface area contributed by atoms with Crippen LogP contribution in [0.3, 0.4) is 0 Å². The molecule has 0 saturated carbocycles. The van der Waals surface area contributed by atoms with Crippen LogP contribution in [0.2, 0.25) is 0 Å². The minimum Gasteiger partial charge on any atom is -0.497 e. The van der Waals surface area contributed by atoms with E-state index in [4.69, 9.17) is 18.9 Å². The summed E-state index contributed by atoms with van der Waals surface area (Å²) < 4.78 is 26.8. The number of rotatable bonds is 14. The van der Waals surface area contributed by atoms with E-state index < -0.39 is 23.6 Å². The summed E-state index contributed by atoms with van der Waals surface area (Å²) in [6.45, 7) is 7.95. The SMILES string of the molecule is C=C[C@@H](COC(c1ccccc1)(c1ccc(OC)cc1)c1ccc(OC)cc1)O[C@H](C=C)n1ccc(-n2cncn2)nc1=O. The number of hydrogen-bond acceptors (Lipinski definition) is 8. The molecule has 0 radical (unpaired) electrons. The molecule has 0 aliphatic carbocycles. The Balaban J connectivity index is 1.50. The van der Waals surface area contributed by atoms with Gasteiger partial charge in [0.15, 0.2) is 12.0 Å². The lowest BCUT2D eigenvalue weighted by Gasteiger charge is -2.37. The Labute approximate surface area is 255 Å². The molecule has 3 aromatic carbocycles. The molecular weight excluding hydrogens is 558 g/mol. The van der Waals surface area contributed by atoms with Crippen LogP contribution in [0.4, 0.5) is 0 Å². The lowest BCUT2D eigenvalue weighted by atomic mass is 9.80. The first kappa shape index (κ1) is 30.1. The van der Waals surface area contributed by atoms with Gasteiger partial charge >= 0.3 is 5.69 Å². The highest BCUT2D eigenvalue weighted by Crippen LogP contribution is 2.42. The first-order valence-corrected chi connectivity index (χ1v) is 13.9. The normalized spacial score (nSPS) is 12.7. The van der Waals surface area contributed by atoms with Crippen molar-refractivity contribution in [1.29, 1.82) is 0 Å². The van der Waals surface area contributed by atoms with Crippen LogP contribution in [-0.4, -0.2) is 51.2 Å². The van der Waals surface area contributed by atoms with Gasteiger partial charge in [-0.1, -0.05) is 67.3 Å². The van der Waals surface area contributed by atoms with Gasteiger partial charge < -0.3 is 18.9 Å². The lowest BCUT2D eigenvalue weighted by molar-refractivity contribution is -0.0790. The smallest absolute Gasteiger partial charge is 0.351 e. The summed E-state index contributed by atoms with van der Waals surface area (Å²) in [5.41, 5.74) is 1.07. The summed E-state index contributed by atoms with van der Waals surface area (Å²) in [6, 6.07) is 27.1. The van der Waals surface area contributed by atoms with E-state index in [-0.39, 0.29) is 6.61 Å². The first-order valence-electron chi connectivity index (χ1n) is 13.9. The van der Waals surface area contributed by atoms with Gasteiger partial charge in [-0.05, 0) is 53.1 Å². The van der Waals surface area contributed by atoms with Crippen LogP contribution >= 0.6 is 0 Å². The van der Waals surface area contributed by atoms with Gasteiger partial charge in [0.25, 0.3) is 0 Å². The summed E-state index contributed by atoms with van der Waals surface area (Å²) in [5, 5.41) is 4.03. The first-order chi connectivity index (χ1) is 21.5. The van der Waals surface area contributed by atoms with E-state index in [2.05, 4.69) is 28.2 Å². The molecule has 0 bridgehead atoms. The number of ether oxygens (including phenoxy) is 4. The van der Waals surface area contributed by atoms with Crippen molar-refractivity contribution in [3.63, 3.8) is 0 Å². The van der Waals surface area contributed by atoms with E-state index in [0.717, 1.165) is 28.2 Å². The molecule has 0 unspecified atom stereocenters. The van der Waals surface area contributed by atoms with Crippen LogP contribution < -0.4 is 15.2 Å². The molecule has 224 valence electrons. The van der Waals surface area contributed by atoms with Crippen molar-refractivity contribution >= 4 is 0 Å². The summed E-state index contributed by atoms with van der Waals surface area (Å²) in [4.78, 5) is 21.0. The second kappa shape index (κ2) is 13.8. The predicted molar refractivity (Wildman–Crippen MR) is 166 cm³/mol. The Hall–Kier alpha value is -5.32. The fraction of sp³-hybridized carbons (Fsp3) is 0.176. The largest absolute Gasteiger partial charge is 0.497 e.